The lowest BCUT2D eigenvalue weighted by Gasteiger charge is -2.29. The minimum absolute atomic E-state index is 0.0397. The van der Waals surface area contributed by atoms with Gasteiger partial charge in [0.25, 0.3) is 0 Å². The van der Waals surface area contributed by atoms with Crippen LogP contribution in [0, 0.1) is 12.7 Å². The SMILES string of the molecule is Cc1cccc(CC(=O)N(Cc2ccccc2F)C(C)C(=O)NC(C)C)c1. The Morgan fingerprint density at radius 2 is 1.78 bits per heavy atom. The second-order valence-electron chi connectivity index (χ2n) is 7.12. The van der Waals surface area contributed by atoms with Gasteiger partial charge in [-0.2, -0.15) is 0 Å². The van der Waals surface area contributed by atoms with Gasteiger partial charge < -0.3 is 10.2 Å². The van der Waals surface area contributed by atoms with Crippen LogP contribution < -0.4 is 5.32 Å². The van der Waals surface area contributed by atoms with E-state index in [0.717, 1.165) is 11.1 Å². The first-order valence-electron chi connectivity index (χ1n) is 9.16. The van der Waals surface area contributed by atoms with Crippen molar-refractivity contribution >= 4 is 11.8 Å². The summed E-state index contributed by atoms with van der Waals surface area (Å²) in [6.45, 7) is 7.40. The number of carbonyl (C=O) groups is 2. The summed E-state index contributed by atoms with van der Waals surface area (Å²) in [6.07, 6.45) is 0.162. The number of carbonyl (C=O) groups excluding carboxylic acids is 2. The summed E-state index contributed by atoms with van der Waals surface area (Å²) in [7, 11) is 0. The van der Waals surface area contributed by atoms with Gasteiger partial charge in [-0.3, -0.25) is 9.59 Å². The number of aryl methyl sites for hydroxylation is 1. The standard InChI is InChI=1S/C22H27FN2O2/c1-15(2)24-22(27)17(4)25(14-19-10-5-6-11-20(19)23)21(26)13-18-9-7-8-16(3)12-18/h5-12,15,17H,13-14H2,1-4H3,(H,24,27). The quantitative estimate of drug-likeness (QED) is 0.809. The molecule has 144 valence electrons. The van der Waals surface area contributed by atoms with Gasteiger partial charge in [-0.25, -0.2) is 4.39 Å². The van der Waals surface area contributed by atoms with Gasteiger partial charge in [-0.05, 0) is 39.3 Å². The number of rotatable bonds is 7. The summed E-state index contributed by atoms with van der Waals surface area (Å²) in [5.41, 5.74) is 2.32. The van der Waals surface area contributed by atoms with Crippen LogP contribution in [-0.4, -0.2) is 28.8 Å². The molecule has 2 rings (SSSR count). The normalized spacial score (nSPS) is 11.9. The van der Waals surface area contributed by atoms with E-state index in [4.69, 9.17) is 0 Å². The number of hydrogen-bond acceptors (Lipinski definition) is 2. The van der Waals surface area contributed by atoms with Crippen LogP contribution in [0.2, 0.25) is 0 Å². The molecule has 27 heavy (non-hydrogen) atoms. The summed E-state index contributed by atoms with van der Waals surface area (Å²) >= 11 is 0. The van der Waals surface area contributed by atoms with Gasteiger partial charge in [0.1, 0.15) is 11.9 Å². The van der Waals surface area contributed by atoms with Crippen LogP contribution in [0.1, 0.15) is 37.5 Å². The number of nitrogens with one attached hydrogen (secondary N) is 1. The van der Waals surface area contributed by atoms with Gasteiger partial charge in [0.05, 0.1) is 6.42 Å². The lowest BCUT2D eigenvalue weighted by atomic mass is 10.1. The van der Waals surface area contributed by atoms with E-state index in [0.29, 0.717) is 5.56 Å². The van der Waals surface area contributed by atoms with Crippen molar-refractivity contribution in [3.8, 4) is 0 Å². The second-order valence-corrected chi connectivity index (χ2v) is 7.12. The van der Waals surface area contributed by atoms with E-state index in [1.54, 1.807) is 25.1 Å². The zero-order chi connectivity index (χ0) is 20.0. The molecule has 1 N–H and O–H groups in total. The Morgan fingerprint density at radius 1 is 1.07 bits per heavy atom. The molecule has 0 saturated heterocycles. The van der Waals surface area contributed by atoms with Gasteiger partial charge in [-0.15, -0.1) is 0 Å². The van der Waals surface area contributed by atoms with Crippen LogP contribution in [0.15, 0.2) is 48.5 Å². The predicted octanol–water partition coefficient (Wildman–Crippen LogP) is 3.62. The highest BCUT2D eigenvalue weighted by atomic mass is 19.1. The average Bonchev–Trinajstić information content (AvgIpc) is 2.59. The number of amides is 2. The van der Waals surface area contributed by atoms with Crippen molar-refractivity contribution in [2.24, 2.45) is 0 Å². The highest BCUT2D eigenvalue weighted by Gasteiger charge is 2.27. The van der Waals surface area contributed by atoms with E-state index in [9.17, 15) is 14.0 Å². The molecule has 0 fully saturated rings. The summed E-state index contributed by atoms with van der Waals surface area (Å²) in [4.78, 5) is 26.9. The minimum atomic E-state index is -0.704. The molecule has 0 radical (unpaired) electrons. The molecule has 0 spiro atoms. The largest absolute Gasteiger partial charge is 0.352 e. The lowest BCUT2D eigenvalue weighted by molar-refractivity contribution is -0.140. The summed E-state index contributed by atoms with van der Waals surface area (Å²) in [5, 5.41) is 2.82. The van der Waals surface area contributed by atoms with Crippen molar-refractivity contribution < 1.29 is 14.0 Å². The molecule has 0 heterocycles. The van der Waals surface area contributed by atoms with Crippen LogP contribution in [0.25, 0.3) is 0 Å². The van der Waals surface area contributed by atoms with Gasteiger partial charge >= 0.3 is 0 Å². The van der Waals surface area contributed by atoms with Crippen molar-refractivity contribution in [3.63, 3.8) is 0 Å². The fraction of sp³-hybridized carbons (Fsp3) is 0.364. The second kappa shape index (κ2) is 9.31. The fourth-order valence-corrected chi connectivity index (χ4v) is 2.90. The smallest absolute Gasteiger partial charge is 0.242 e. The zero-order valence-electron chi connectivity index (χ0n) is 16.3. The Balaban J connectivity index is 2.26. The maximum atomic E-state index is 14.1. The molecule has 0 aromatic heterocycles. The molecule has 0 aliphatic carbocycles. The molecule has 0 aliphatic heterocycles. The summed E-state index contributed by atoms with van der Waals surface area (Å²) in [6, 6.07) is 13.3. The topological polar surface area (TPSA) is 49.4 Å². The predicted molar refractivity (Wildman–Crippen MR) is 105 cm³/mol. The summed E-state index contributed by atoms with van der Waals surface area (Å²) in [5.74, 6) is -0.850. The molecule has 2 aromatic carbocycles. The maximum absolute atomic E-state index is 14.1. The molecular formula is C22H27FN2O2. The van der Waals surface area contributed by atoms with Crippen LogP contribution in [0.5, 0.6) is 0 Å². The third kappa shape index (κ3) is 5.91. The van der Waals surface area contributed by atoms with Gasteiger partial charge in [-0.1, -0.05) is 48.0 Å². The maximum Gasteiger partial charge on any atom is 0.242 e. The highest BCUT2D eigenvalue weighted by molar-refractivity contribution is 5.88. The summed E-state index contributed by atoms with van der Waals surface area (Å²) < 4.78 is 14.1. The number of hydrogen-bond donors (Lipinski definition) is 1. The first-order chi connectivity index (χ1) is 12.8. The van der Waals surface area contributed by atoms with E-state index < -0.39 is 6.04 Å². The molecule has 2 amide bonds. The Morgan fingerprint density at radius 3 is 2.41 bits per heavy atom. The van der Waals surface area contributed by atoms with Crippen molar-refractivity contribution in [1.29, 1.82) is 0 Å². The van der Waals surface area contributed by atoms with E-state index >= 15 is 0 Å². The molecule has 0 saturated carbocycles. The zero-order valence-corrected chi connectivity index (χ0v) is 16.3. The first kappa shape index (κ1) is 20.6. The molecule has 2 aromatic rings. The van der Waals surface area contributed by atoms with E-state index in [-0.39, 0.29) is 36.6 Å². The third-order valence-electron chi connectivity index (χ3n) is 4.33. The highest BCUT2D eigenvalue weighted by Crippen LogP contribution is 2.15. The molecule has 1 atom stereocenters. The van der Waals surface area contributed by atoms with Crippen molar-refractivity contribution in [2.75, 3.05) is 0 Å². The Bertz CT molecular complexity index is 804. The van der Waals surface area contributed by atoms with E-state index in [1.165, 1.54) is 11.0 Å². The molecule has 4 nitrogen and oxygen atoms in total. The third-order valence-corrected chi connectivity index (χ3v) is 4.33. The van der Waals surface area contributed by atoms with Gasteiger partial charge in [0.2, 0.25) is 11.8 Å². The van der Waals surface area contributed by atoms with Crippen LogP contribution in [0.4, 0.5) is 4.39 Å². The lowest BCUT2D eigenvalue weighted by Crippen LogP contribution is -2.49. The molecule has 5 heteroatoms. The Kier molecular flexibility index (Phi) is 7.11. The fourth-order valence-electron chi connectivity index (χ4n) is 2.90. The van der Waals surface area contributed by atoms with Crippen LogP contribution in [0.3, 0.4) is 0 Å². The van der Waals surface area contributed by atoms with Crippen LogP contribution >= 0.6 is 0 Å². The average molecular weight is 370 g/mol. The van der Waals surface area contributed by atoms with E-state index in [1.807, 2.05) is 45.0 Å². The first-order valence-corrected chi connectivity index (χ1v) is 9.16. The molecular weight excluding hydrogens is 343 g/mol. The minimum Gasteiger partial charge on any atom is -0.352 e. The molecule has 0 bridgehead atoms. The van der Waals surface area contributed by atoms with Gasteiger partial charge in [0, 0.05) is 18.2 Å². The van der Waals surface area contributed by atoms with E-state index in [2.05, 4.69) is 5.32 Å². The van der Waals surface area contributed by atoms with Crippen LogP contribution in [-0.2, 0) is 22.6 Å². The van der Waals surface area contributed by atoms with Crippen molar-refractivity contribution in [2.45, 2.75) is 52.7 Å². The monoisotopic (exact) mass is 370 g/mol. The Labute approximate surface area is 160 Å². The number of benzene rings is 2. The van der Waals surface area contributed by atoms with Crippen molar-refractivity contribution in [3.05, 3.63) is 71.0 Å². The number of halogens is 1. The molecule has 0 aliphatic rings. The molecule has 1 unspecified atom stereocenters. The van der Waals surface area contributed by atoms with Crippen molar-refractivity contribution in [1.82, 2.24) is 10.2 Å². The van der Waals surface area contributed by atoms with Gasteiger partial charge in [0.15, 0.2) is 0 Å². The Hall–Kier alpha value is -2.69. The number of nitrogens with zero attached hydrogens (tertiary/aromatic N) is 1.